The molecule has 0 heterocycles. The highest BCUT2D eigenvalue weighted by Crippen LogP contribution is 2.27. The van der Waals surface area contributed by atoms with Gasteiger partial charge >= 0.3 is 0 Å². The molecule has 252 valence electrons. The molecule has 0 bridgehead atoms. The average Bonchev–Trinajstić information content (AvgIpc) is 3.03. The molecule has 1 aromatic carbocycles. The first-order valence-electron chi connectivity index (χ1n) is 20.2. The van der Waals surface area contributed by atoms with E-state index in [0.29, 0.717) is 0 Å². The first kappa shape index (κ1) is 40.2. The van der Waals surface area contributed by atoms with Gasteiger partial charge in [0.1, 0.15) is 5.69 Å². The number of quaternary nitrogens is 1. The third-order valence-electron chi connectivity index (χ3n) is 10.1. The van der Waals surface area contributed by atoms with E-state index in [4.69, 9.17) is 0 Å². The van der Waals surface area contributed by atoms with E-state index in [1.165, 1.54) is 217 Å². The van der Waals surface area contributed by atoms with Gasteiger partial charge in [-0.25, -0.2) is 0 Å². The fourth-order valence-electron chi connectivity index (χ4n) is 7.17. The van der Waals surface area contributed by atoms with Crippen molar-refractivity contribution in [3.8, 4) is 0 Å². The molecule has 0 fully saturated rings. The Hall–Kier alpha value is -0.820. The lowest BCUT2D eigenvalue weighted by molar-refractivity contribution is 0.252. The van der Waals surface area contributed by atoms with Crippen LogP contribution in [0.15, 0.2) is 30.3 Å². The van der Waals surface area contributed by atoms with Gasteiger partial charge in [0.05, 0.1) is 19.6 Å². The summed E-state index contributed by atoms with van der Waals surface area (Å²) >= 11 is 0. The fourth-order valence-corrected chi connectivity index (χ4v) is 7.17. The van der Waals surface area contributed by atoms with Crippen LogP contribution in [0.3, 0.4) is 0 Å². The second-order valence-corrected chi connectivity index (χ2v) is 14.2. The van der Waals surface area contributed by atoms with Crippen LogP contribution in [0.25, 0.3) is 0 Å². The van der Waals surface area contributed by atoms with Crippen LogP contribution in [-0.4, -0.2) is 19.6 Å². The van der Waals surface area contributed by atoms with E-state index in [9.17, 15) is 0 Å². The maximum atomic E-state index is 2.46. The number of nitrogens with zero attached hydrogens (tertiary/aromatic N) is 1. The molecule has 0 aliphatic carbocycles. The molecule has 0 saturated heterocycles. The van der Waals surface area contributed by atoms with Gasteiger partial charge in [-0.1, -0.05) is 193 Å². The minimum atomic E-state index is 1.26. The smallest absolute Gasteiger partial charge is 0.132 e. The van der Waals surface area contributed by atoms with Crippen molar-refractivity contribution in [1.82, 2.24) is 4.48 Å². The number of para-hydroxylation sites is 1. The summed E-state index contributed by atoms with van der Waals surface area (Å²) in [7, 11) is 0. The molecule has 0 amide bonds. The number of rotatable bonds is 34. The number of hydrogen-bond acceptors (Lipinski definition) is 0. The van der Waals surface area contributed by atoms with Gasteiger partial charge in [-0.05, 0) is 50.7 Å². The summed E-state index contributed by atoms with van der Waals surface area (Å²) in [5, 5.41) is 0. The minimum absolute atomic E-state index is 1.26. The Balaban J connectivity index is 2.56. The zero-order chi connectivity index (χ0) is 30.9. The van der Waals surface area contributed by atoms with Crippen molar-refractivity contribution in [2.45, 2.75) is 213 Å². The minimum Gasteiger partial charge on any atom is -0.291 e. The first-order valence-corrected chi connectivity index (χ1v) is 20.2. The van der Waals surface area contributed by atoms with Gasteiger partial charge in [0.2, 0.25) is 0 Å². The quantitative estimate of drug-likeness (QED) is 0.0547. The summed E-state index contributed by atoms with van der Waals surface area (Å²) in [4.78, 5) is 0. The highest BCUT2D eigenvalue weighted by molar-refractivity contribution is 5.42. The van der Waals surface area contributed by atoms with E-state index < -0.39 is 0 Å². The lowest BCUT2D eigenvalue weighted by Gasteiger charge is -2.39. The van der Waals surface area contributed by atoms with Gasteiger partial charge in [0.25, 0.3) is 0 Å². The zero-order valence-electron chi connectivity index (χ0n) is 30.2. The van der Waals surface area contributed by atoms with E-state index in [1.807, 2.05) is 0 Å². The predicted molar refractivity (Wildman–Crippen MR) is 198 cm³/mol. The van der Waals surface area contributed by atoms with E-state index in [-0.39, 0.29) is 0 Å². The Kier molecular flexibility index (Phi) is 29.1. The average molecular weight is 599 g/mol. The SMILES string of the molecule is CCCCCCCCCCCC[N+](CCCCCCCCCCCC)(CCCCCCCCCCCC)c1ccccc1. The van der Waals surface area contributed by atoms with Crippen molar-refractivity contribution >= 4 is 5.69 Å². The van der Waals surface area contributed by atoms with Crippen molar-refractivity contribution in [2.75, 3.05) is 19.6 Å². The molecule has 0 aliphatic heterocycles. The van der Waals surface area contributed by atoms with Gasteiger partial charge in [-0.15, -0.1) is 0 Å². The van der Waals surface area contributed by atoms with Crippen LogP contribution in [0.4, 0.5) is 5.69 Å². The normalized spacial score (nSPS) is 11.9. The maximum Gasteiger partial charge on any atom is 0.132 e. The Bertz CT molecular complexity index is 592. The van der Waals surface area contributed by atoms with Crippen LogP contribution in [0.5, 0.6) is 0 Å². The van der Waals surface area contributed by atoms with Crippen LogP contribution >= 0.6 is 0 Å². The van der Waals surface area contributed by atoms with Crippen molar-refractivity contribution in [3.63, 3.8) is 0 Å². The molecular weight excluding hydrogens is 518 g/mol. The van der Waals surface area contributed by atoms with Crippen LogP contribution in [-0.2, 0) is 0 Å². The standard InChI is InChI=1S/C42H80N/c1-4-7-10-13-16-19-22-25-28-34-39-43(42-37-32-31-33-38-42,40-35-29-26-23-20-17-14-11-8-5-2)41-36-30-27-24-21-18-15-12-9-6-3/h31-33,37-38H,4-30,34-36,39-41H2,1-3H3/q+1. The number of unbranched alkanes of at least 4 members (excludes halogenated alkanes) is 27. The summed E-state index contributed by atoms with van der Waals surface area (Å²) in [6, 6.07) is 11.8. The molecule has 1 rings (SSSR count). The van der Waals surface area contributed by atoms with E-state index >= 15 is 0 Å². The maximum absolute atomic E-state index is 2.46. The summed E-state index contributed by atoms with van der Waals surface area (Å²) in [6.07, 6.45) is 43.0. The second-order valence-electron chi connectivity index (χ2n) is 14.2. The van der Waals surface area contributed by atoms with Crippen LogP contribution in [0.1, 0.15) is 213 Å². The first-order chi connectivity index (χ1) is 21.3. The second kappa shape index (κ2) is 31.2. The molecule has 43 heavy (non-hydrogen) atoms. The molecule has 0 N–H and O–H groups in total. The van der Waals surface area contributed by atoms with E-state index in [2.05, 4.69) is 51.1 Å². The van der Waals surface area contributed by atoms with E-state index in [1.54, 1.807) is 5.69 Å². The van der Waals surface area contributed by atoms with Crippen LogP contribution in [0, 0.1) is 0 Å². The van der Waals surface area contributed by atoms with Gasteiger partial charge in [-0.3, -0.25) is 4.48 Å². The highest BCUT2D eigenvalue weighted by atomic mass is 15.4. The van der Waals surface area contributed by atoms with Crippen LogP contribution < -0.4 is 4.48 Å². The Morgan fingerprint density at radius 2 is 0.535 bits per heavy atom. The van der Waals surface area contributed by atoms with Crippen molar-refractivity contribution in [2.24, 2.45) is 0 Å². The lowest BCUT2D eigenvalue weighted by Crippen LogP contribution is -2.51. The Morgan fingerprint density at radius 1 is 0.302 bits per heavy atom. The molecule has 0 aliphatic rings. The number of hydrogen-bond donors (Lipinski definition) is 0. The Morgan fingerprint density at radius 3 is 0.791 bits per heavy atom. The number of benzene rings is 1. The van der Waals surface area contributed by atoms with E-state index in [0.717, 1.165) is 0 Å². The molecule has 0 unspecified atom stereocenters. The van der Waals surface area contributed by atoms with Crippen molar-refractivity contribution < 1.29 is 0 Å². The highest BCUT2D eigenvalue weighted by Gasteiger charge is 2.29. The van der Waals surface area contributed by atoms with Gasteiger partial charge in [0.15, 0.2) is 0 Å². The van der Waals surface area contributed by atoms with Gasteiger partial charge < -0.3 is 0 Å². The molecule has 0 atom stereocenters. The Labute approximate surface area is 273 Å². The summed E-state index contributed by atoms with van der Waals surface area (Å²) in [5.74, 6) is 0. The summed E-state index contributed by atoms with van der Waals surface area (Å²) in [5.41, 5.74) is 1.60. The van der Waals surface area contributed by atoms with Crippen LogP contribution in [0.2, 0.25) is 0 Å². The van der Waals surface area contributed by atoms with Crippen molar-refractivity contribution in [1.29, 1.82) is 0 Å². The van der Waals surface area contributed by atoms with Gasteiger partial charge in [-0.2, -0.15) is 0 Å². The molecule has 0 aromatic heterocycles. The molecule has 0 spiro atoms. The monoisotopic (exact) mass is 599 g/mol. The van der Waals surface area contributed by atoms with Crippen molar-refractivity contribution in [3.05, 3.63) is 30.3 Å². The zero-order valence-corrected chi connectivity index (χ0v) is 30.2. The van der Waals surface area contributed by atoms with Gasteiger partial charge in [0, 0.05) is 0 Å². The summed E-state index contributed by atoms with van der Waals surface area (Å²) < 4.78 is 1.26. The molecule has 1 heteroatoms. The molecule has 1 nitrogen and oxygen atoms in total. The lowest BCUT2D eigenvalue weighted by atomic mass is 10.0. The third kappa shape index (κ3) is 23.2. The predicted octanol–water partition coefficient (Wildman–Crippen LogP) is 14.8. The third-order valence-corrected chi connectivity index (χ3v) is 10.1. The fraction of sp³-hybridized carbons (Fsp3) is 0.857. The topological polar surface area (TPSA) is 0 Å². The molecule has 1 aromatic rings. The molecule has 0 radical (unpaired) electrons. The largest absolute Gasteiger partial charge is 0.291 e. The molecular formula is C42H80N+. The summed E-state index contributed by atoms with van der Waals surface area (Å²) in [6.45, 7) is 11.0. The molecule has 0 saturated carbocycles.